The maximum absolute atomic E-state index is 13.3. The van der Waals surface area contributed by atoms with Gasteiger partial charge in [-0.15, -0.1) is 0 Å². The van der Waals surface area contributed by atoms with E-state index < -0.39 is 24.0 Å². The second-order valence-electron chi connectivity index (χ2n) is 2.74. The van der Waals surface area contributed by atoms with Crippen LogP contribution in [0, 0.1) is 11.6 Å². The lowest BCUT2D eigenvalue weighted by molar-refractivity contribution is -0.136. The van der Waals surface area contributed by atoms with E-state index in [1.165, 1.54) is 7.11 Å². The molecule has 6 heteroatoms. The van der Waals surface area contributed by atoms with Crippen LogP contribution in [0.5, 0.6) is 5.75 Å². The van der Waals surface area contributed by atoms with Crippen LogP contribution in [0.15, 0.2) is 10.5 Å². The lowest BCUT2D eigenvalue weighted by Gasteiger charge is -2.10. The predicted molar refractivity (Wildman–Crippen MR) is 51.9 cm³/mol. The molecule has 82 valence electrons. The van der Waals surface area contributed by atoms with Crippen molar-refractivity contribution in [3.05, 3.63) is 27.7 Å². The largest absolute Gasteiger partial charge is 0.495 e. The van der Waals surface area contributed by atoms with Gasteiger partial charge in [-0.2, -0.15) is 0 Å². The summed E-state index contributed by atoms with van der Waals surface area (Å²) in [7, 11) is 1.25. The van der Waals surface area contributed by atoms with Crippen LogP contribution in [0.3, 0.4) is 0 Å². The summed E-state index contributed by atoms with van der Waals surface area (Å²) < 4.78 is 31.2. The summed E-state index contributed by atoms with van der Waals surface area (Å²) in [6.07, 6.45) is -0.634. The first-order valence-electron chi connectivity index (χ1n) is 3.89. The number of methoxy groups -OCH3 is 1. The van der Waals surface area contributed by atoms with E-state index in [-0.39, 0.29) is 15.8 Å². The second-order valence-corrected chi connectivity index (χ2v) is 3.59. The summed E-state index contributed by atoms with van der Waals surface area (Å²) in [6, 6.07) is 0.888. The number of carbonyl (C=O) groups is 1. The van der Waals surface area contributed by atoms with Crippen LogP contribution in [-0.2, 0) is 11.2 Å². The lowest BCUT2D eigenvalue weighted by Crippen LogP contribution is -2.07. The van der Waals surface area contributed by atoms with Crippen molar-refractivity contribution in [2.24, 2.45) is 0 Å². The Bertz CT molecular complexity index is 407. The van der Waals surface area contributed by atoms with E-state index in [2.05, 4.69) is 15.9 Å². The molecule has 0 saturated carbocycles. The standard InChI is InChI=1S/C9H7BrF2O3/c1-15-9-4(2-7(13)14)8(12)6(11)3-5(9)10/h3H,2H2,1H3,(H,13,14). The first-order valence-corrected chi connectivity index (χ1v) is 4.68. The highest BCUT2D eigenvalue weighted by Gasteiger charge is 2.20. The number of benzene rings is 1. The van der Waals surface area contributed by atoms with Crippen LogP contribution in [-0.4, -0.2) is 18.2 Å². The van der Waals surface area contributed by atoms with E-state index in [9.17, 15) is 13.6 Å². The van der Waals surface area contributed by atoms with Crippen molar-refractivity contribution in [3.63, 3.8) is 0 Å². The molecule has 15 heavy (non-hydrogen) atoms. The van der Waals surface area contributed by atoms with Crippen molar-refractivity contribution in [3.8, 4) is 5.75 Å². The molecule has 0 atom stereocenters. The molecule has 1 aromatic rings. The number of carboxylic acids is 1. The third-order valence-electron chi connectivity index (χ3n) is 1.75. The zero-order chi connectivity index (χ0) is 11.6. The molecule has 1 N–H and O–H groups in total. The minimum Gasteiger partial charge on any atom is -0.495 e. The van der Waals surface area contributed by atoms with Crippen LogP contribution in [0.4, 0.5) is 8.78 Å². The lowest BCUT2D eigenvalue weighted by atomic mass is 10.1. The van der Waals surface area contributed by atoms with Gasteiger partial charge in [-0.1, -0.05) is 0 Å². The molecule has 3 nitrogen and oxygen atoms in total. The minimum absolute atomic E-state index is 0.00343. The van der Waals surface area contributed by atoms with E-state index in [0.717, 1.165) is 6.07 Å². The van der Waals surface area contributed by atoms with Crippen LogP contribution < -0.4 is 4.74 Å². The van der Waals surface area contributed by atoms with E-state index in [1.54, 1.807) is 0 Å². The number of aliphatic carboxylic acids is 1. The maximum atomic E-state index is 13.3. The van der Waals surface area contributed by atoms with Crippen molar-refractivity contribution in [1.29, 1.82) is 0 Å². The first kappa shape index (κ1) is 11.9. The Morgan fingerprint density at radius 1 is 1.60 bits per heavy atom. The highest BCUT2D eigenvalue weighted by molar-refractivity contribution is 9.10. The van der Waals surface area contributed by atoms with Gasteiger partial charge in [0.1, 0.15) is 5.75 Å². The Kier molecular flexibility index (Phi) is 3.62. The molecular weight excluding hydrogens is 274 g/mol. The summed E-state index contributed by atoms with van der Waals surface area (Å²) >= 11 is 2.96. The molecule has 0 bridgehead atoms. The van der Waals surface area contributed by atoms with Crippen molar-refractivity contribution in [2.45, 2.75) is 6.42 Å². The molecule has 0 radical (unpaired) electrons. The van der Waals surface area contributed by atoms with E-state index >= 15 is 0 Å². The fraction of sp³-hybridized carbons (Fsp3) is 0.222. The molecule has 1 rings (SSSR count). The molecular formula is C9H7BrF2O3. The van der Waals surface area contributed by atoms with Gasteiger partial charge in [-0.3, -0.25) is 4.79 Å². The smallest absolute Gasteiger partial charge is 0.308 e. The average molecular weight is 281 g/mol. The highest BCUT2D eigenvalue weighted by atomic mass is 79.9. The third kappa shape index (κ3) is 2.44. The first-order chi connectivity index (χ1) is 6.97. The Morgan fingerprint density at radius 3 is 2.67 bits per heavy atom. The Morgan fingerprint density at radius 2 is 2.20 bits per heavy atom. The molecule has 0 spiro atoms. The van der Waals surface area contributed by atoms with Crippen LogP contribution >= 0.6 is 15.9 Å². The summed E-state index contributed by atoms with van der Waals surface area (Å²) in [4.78, 5) is 10.5. The molecule has 0 aromatic heterocycles. The van der Waals surface area contributed by atoms with E-state index in [0.29, 0.717) is 0 Å². The van der Waals surface area contributed by atoms with Gasteiger partial charge >= 0.3 is 5.97 Å². The number of carboxylic acid groups (broad SMARTS) is 1. The fourth-order valence-corrected chi connectivity index (χ4v) is 1.76. The van der Waals surface area contributed by atoms with Crippen LogP contribution in [0.1, 0.15) is 5.56 Å². The van der Waals surface area contributed by atoms with E-state index in [4.69, 9.17) is 9.84 Å². The molecule has 0 aliphatic rings. The predicted octanol–water partition coefficient (Wildman–Crippen LogP) is 2.36. The summed E-state index contributed by atoms with van der Waals surface area (Å²) in [6.45, 7) is 0. The second kappa shape index (κ2) is 4.57. The monoisotopic (exact) mass is 280 g/mol. The number of rotatable bonds is 3. The molecule has 0 amide bonds. The summed E-state index contributed by atoms with van der Waals surface area (Å²) in [5.74, 6) is -3.57. The number of ether oxygens (including phenoxy) is 1. The summed E-state index contributed by atoms with van der Waals surface area (Å²) in [5, 5.41) is 8.53. The SMILES string of the molecule is COc1c(Br)cc(F)c(F)c1CC(=O)O. The van der Waals surface area contributed by atoms with Gasteiger partial charge < -0.3 is 9.84 Å². The summed E-state index contributed by atoms with van der Waals surface area (Å²) in [5.41, 5.74) is -0.308. The maximum Gasteiger partial charge on any atom is 0.308 e. The number of halogens is 3. The normalized spacial score (nSPS) is 10.1. The van der Waals surface area contributed by atoms with E-state index in [1.807, 2.05) is 0 Å². The van der Waals surface area contributed by atoms with Gasteiger partial charge in [0.2, 0.25) is 0 Å². The Balaban J connectivity index is 3.36. The molecule has 0 fully saturated rings. The van der Waals surface area contributed by atoms with Gasteiger partial charge in [0.25, 0.3) is 0 Å². The molecule has 0 aliphatic heterocycles. The molecule has 0 saturated heterocycles. The Hall–Kier alpha value is -1.17. The van der Waals surface area contributed by atoms with Crippen molar-refractivity contribution >= 4 is 21.9 Å². The quantitative estimate of drug-likeness (QED) is 0.865. The Labute approximate surface area is 92.8 Å². The number of hydrogen-bond donors (Lipinski definition) is 1. The molecule has 0 heterocycles. The van der Waals surface area contributed by atoms with Gasteiger partial charge in [0, 0.05) is 5.56 Å². The zero-order valence-electron chi connectivity index (χ0n) is 7.68. The highest BCUT2D eigenvalue weighted by Crippen LogP contribution is 2.32. The van der Waals surface area contributed by atoms with Crippen molar-refractivity contribution in [1.82, 2.24) is 0 Å². The molecule has 0 aliphatic carbocycles. The van der Waals surface area contributed by atoms with Gasteiger partial charge in [0.05, 0.1) is 18.0 Å². The van der Waals surface area contributed by atoms with Crippen LogP contribution in [0.25, 0.3) is 0 Å². The molecule has 0 unspecified atom stereocenters. The van der Waals surface area contributed by atoms with Gasteiger partial charge in [-0.25, -0.2) is 8.78 Å². The number of hydrogen-bond acceptors (Lipinski definition) is 2. The topological polar surface area (TPSA) is 46.5 Å². The van der Waals surface area contributed by atoms with Gasteiger partial charge in [0.15, 0.2) is 11.6 Å². The van der Waals surface area contributed by atoms with Gasteiger partial charge in [-0.05, 0) is 22.0 Å². The minimum atomic E-state index is -1.26. The van der Waals surface area contributed by atoms with Crippen molar-refractivity contribution in [2.75, 3.05) is 7.11 Å². The zero-order valence-corrected chi connectivity index (χ0v) is 9.27. The third-order valence-corrected chi connectivity index (χ3v) is 2.34. The van der Waals surface area contributed by atoms with Crippen molar-refractivity contribution < 1.29 is 23.4 Å². The van der Waals surface area contributed by atoms with Crippen LogP contribution in [0.2, 0.25) is 0 Å². The average Bonchev–Trinajstić information content (AvgIpc) is 2.13. The molecule has 1 aromatic carbocycles. The fourth-order valence-electron chi connectivity index (χ4n) is 1.16.